The average molecular weight is 404 g/mol. The summed E-state index contributed by atoms with van der Waals surface area (Å²) in [5.41, 5.74) is 0.655. The Morgan fingerprint density at radius 1 is 1.39 bits per heavy atom. The number of carbonyl (C=O) groups excluding carboxylic acids is 1. The lowest BCUT2D eigenvalue weighted by molar-refractivity contribution is -0.384. The van der Waals surface area contributed by atoms with Gasteiger partial charge in [-0.15, -0.1) is 11.8 Å². The zero-order valence-electron chi connectivity index (χ0n) is 16.3. The van der Waals surface area contributed by atoms with Crippen LogP contribution >= 0.6 is 11.8 Å². The van der Waals surface area contributed by atoms with Gasteiger partial charge in [0.2, 0.25) is 0 Å². The van der Waals surface area contributed by atoms with Gasteiger partial charge in [-0.05, 0) is 45.6 Å². The van der Waals surface area contributed by atoms with E-state index in [0.717, 1.165) is 30.2 Å². The molecule has 28 heavy (non-hydrogen) atoms. The number of piperidine rings is 1. The molecular weight excluding hydrogens is 380 g/mol. The minimum Gasteiger partial charge on any atom is -0.444 e. The molecule has 0 aliphatic carbocycles. The number of non-ortho nitro benzene ring substituents is 1. The van der Waals surface area contributed by atoms with E-state index in [1.165, 1.54) is 12.1 Å². The second kappa shape index (κ2) is 8.30. The number of benzene rings is 1. The van der Waals surface area contributed by atoms with E-state index in [-0.39, 0.29) is 11.8 Å². The molecule has 0 saturated carbocycles. The van der Waals surface area contributed by atoms with E-state index in [0.29, 0.717) is 23.5 Å². The average Bonchev–Trinajstić information content (AvgIpc) is 2.64. The molecular formula is C19H24N4O4S. The molecule has 2 aromatic rings. The highest BCUT2D eigenvalue weighted by Crippen LogP contribution is 2.27. The molecule has 1 fully saturated rings. The van der Waals surface area contributed by atoms with Gasteiger partial charge in [-0.2, -0.15) is 0 Å². The van der Waals surface area contributed by atoms with Crippen LogP contribution < -0.4 is 0 Å². The van der Waals surface area contributed by atoms with Crippen molar-refractivity contribution in [2.24, 2.45) is 5.92 Å². The summed E-state index contributed by atoms with van der Waals surface area (Å²) < 4.78 is 5.47. The van der Waals surface area contributed by atoms with Crippen molar-refractivity contribution in [1.82, 2.24) is 14.9 Å². The van der Waals surface area contributed by atoms with Crippen LogP contribution in [0.2, 0.25) is 0 Å². The number of hydrogen-bond donors (Lipinski definition) is 0. The molecule has 0 spiro atoms. The summed E-state index contributed by atoms with van der Waals surface area (Å²) in [4.78, 5) is 33.3. The van der Waals surface area contributed by atoms with Crippen molar-refractivity contribution in [2.45, 2.75) is 44.2 Å². The Hall–Kier alpha value is -2.42. The maximum absolute atomic E-state index is 12.3. The van der Waals surface area contributed by atoms with Gasteiger partial charge in [0.25, 0.3) is 5.69 Å². The van der Waals surface area contributed by atoms with Crippen LogP contribution in [0.25, 0.3) is 11.0 Å². The van der Waals surface area contributed by atoms with Crippen LogP contribution in [0.15, 0.2) is 29.4 Å². The van der Waals surface area contributed by atoms with E-state index in [1.807, 2.05) is 20.8 Å². The van der Waals surface area contributed by atoms with E-state index in [2.05, 4.69) is 9.97 Å². The van der Waals surface area contributed by atoms with E-state index < -0.39 is 10.5 Å². The highest BCUT2D eigenvalue weighted by Gasteiger charge is 2.27. The van der Waals surface area contributed by atoms with Gasteiger partial charge in [0.1, 0.15) is 10.6 Å². The van der Waals surface area contributed by atoms with Crippen molar-refractivity contribution in [2.75, 3.05) is 18.8 Å². The van der Waals surface area contributed by atoms with Crippen LogP contribution in [-0.4, -0.2) is 50.3 Å². The fourth-order valence-corrected chi connectivity index (χ4v) is 4.03. The van der Waals surface area contributed by atoms with Gasteiger partial charge < -0.3 is 9.64 Å². The first-order valence-electron chi connectivity index (χ1n) is 9.23. The molecule has 1 aromatic heterocycles. The number of nitro groups is 1. The molecule has 0 unspecified atom stereocenters. The normalized spacial score (nSPS) is 17.5. The van der Waals surface area contributed by atoms with Gasteiger partial charge in [0, 0.05) is 31.0 Å². The number of thioether (sulfide) groups is 1. The topological polar surface area (TPSA) is 98.5 Å². The third-order valence-corrected chi connectivity index (χ3v) is 5.48. The SMILES string of the molecule is CC(C)(C)OC(=O)N1CCC[C@H](CSc2cnc3cc([N+](=O)[O-])ccc3n2)C1. The van der Waals surface area contributed by atoms with E-state index in [4.69, 9.17) is 4.74 Å². The molecule has 8 nitrogen and oxygen atoms in total. The van der Waals surface area contributed by atoms with Gasteiger partial charge in [-0.1, -0.05) is 0 Å². The molecule has 0 bridgehead atoms. The first kappa shape index (κ1) is 20.3. The number of nitro benzene ring substituents is 1. The van der Waals surface area contributed by atoms with E-state index >= 15 is 0 Å². The summed E-state index contributed by atoms with van der Waals surface area (Å²) in [5, 5.41) is 11.6. The molecule has 1 amide bonds. The van der Waals surface area contributed by atoms with Crippen LogP contribution in [0, 0.1) is 16.0 Å². The van der Waals surface area contributed by atoms with Gasteiger partial charge in [0.05, 0.1) is 22.2 Å². The third-order valence-electron chi connectivity index (χ3n) is 4.35. The second-order valence-corrected chi connectivity index (χ2v) is 8.92. The van der Waals surface area contributed by atoms with Crippen LogP contribution in [0.4, 0.5) is 10.5 Å². The van der Waals surface area contributed by atoms with Gasteiger partial charge in [0.15, 0.2) is 0 Å². The molecule has 0 N–H and O–H groups in total. The predicted octanol–water partition coefficient (Wildman–Crippen LogP) is 4.28. The van der Waals surface area contributed by atoms with Crippen LogP contribution in [0.3, 0.4) is 0 Å². The Bertz CT molecular complexity index is 884. The quantitative estimate of drug-likeness (QED) is 0.426. The zero-order chi connectivity index (χ0) is 20.3. The highest BCUT2D eigenvalue weighted by molar-refractivity contribution is 7.99. The van der Waals surface area contributed by atoms with Crippen LogP contribution in [-0.2, 0) is 4.74 Å². The molecule has 9 heteroatoms. The maximum atomic E-state index is 12.3. The summed E-state index contributed by atoms with van der Waals surface area (Å²) in [7, 11) is 0. The molecule has 1 aliphatic heterocycles. The number of ether oxygens (including phenoxy) is 1. The molecule has 1 saturated heterocycles. The fourth-order valence-electron chi connectivity index (χ4n) is 3.06. The van der Waals surface area contributed by atoms with Gasteiger partial charge >= 0.3 is 6.09 Å². The van der Waals surface area contributed by atoms with E-state index in [1.54, 1.807) is 28.9 Å². The number of carbonyl (C=O) groups is 1. The molecule has 3 rings (SSSR count). The van der Waals surface area contributed by atoms with Crippen molar-refractivity contribution in [3.05, 3.63) is 34.5 Å². The van der Waals surface area contributed by atoms with Crippen molar-refractivity contribution >= 4 is 34.6 Å². The van der Waals surface area contributed by atoms with Gasteiger partial charge in [-0.3, -0.25) is 15.1 Å². The zero-order valence-corrected chi connectivity index (χ0v) is 17.1. The first-order chi connectivity index (χ1) is 13.2. The molecule has 150 valence electrons. The van der Waals surface area contributed by atoms with Gasteiger partial charge in [-0.25, -0.2) is 9.78 Å². The Morgan fingerprint density at radius 3 is 2.89 bits per heavy atom. The largest absolute Gasteiger partial charge is 0.444 e. The van der Waals surface area contributed by atoms with Crippen molar-refractivity contribution < 1.29 is 14.5 Å². The molecule has 1 aromatic carbocycles. The highest BCUT2D eigenvalue weighted by atomic mass is 32.2. The summed E-state index contributed by atoms with van der Waals surface area (Å²) in [6, 6.07) is 4.48. The number of hydrogen-bond acceptors (Lipinski definition) is 7. The molecule has 0 radical (unpaired) electrons. The monoisotopic (exact) mass is 404 g/mol. The van der Waals surface area contributed by atoms with Crippen LogP contribution in [0.1, 0.15) is 33.6 Å². The Labute approximate surface area is 167 Å². The second-order valence-electron chi connectivity index (χ2n) is 7.88. The molecule has 1 aliphatic rings. The van der Waals surface area contributed by atoms with Crippen LogP contribution in [0.5, 0.6) is 0 Å². The number of likely N-dealkylation sites (tertiary alicyclic amines) is 1. The van der Waals surface area contributed by atoms with Crippen molar-refractivity contribution in [1.29, 1.82) is 0 Å². The van der Waals surface area contributed by atoms with Crippen molar-refractivity contribution in [3.8, 4) is 0 Å². The first-order valence-corrected chi connectivity index (χ1v) is 10.2. The summed E-state index contributed by atoms with van der Waals surface area (Å²) in [6.07, 6.45) is 3.40. The maximum Gasteiger partial charge on any atom is 0.410 e. The Morgan fingerprint density at radius 2 is 2.18 bits per heavy atom. The summed E-state index contributed by atoms with van der Waals surface area (Å²) >= 11 is 1.59. The lowest BCUT2D eigenvalue weighted by atomic mass is 10.0. The number of rotatable bonds is 4. The lowest BCUT2D eigenvalue weighted by Crippen LogP contribution is -2.43. The number of fused-ring (bicyclic) bond motifs is 1. The minimum absolute atomic E-state index is 0.00615. The molecule has 2 heterocycles. The number of aromatic nitrogens is 2. The summed E-state index contributed by atoms with van der Waals surface area (Å²) in [5.74, 6) is 1.19. The van der Waals surface area contributed by atoms with E-state index in [9.17, 15) is 14.9 Å². The smallest absolute Gasteiger partial charge is 0.410 e. The van der Waals surface area contributed by atoms with Crippen molar-refractivity contribution in [3.63, 3.8) is 0 Å². The molecule has 1 atom stereocenters. The minimum atomic E-state index is -0.492. The lowest BCUT2D eigenvalue weighted by Gasteiger charge is -2.34. The number of nitrogens with zero attached hydrogens (tertiary/aromatic N) is 4. The Kier molecular flexibility index (Phi) is 6.02. The fraction of sp³-hybridized carbons (Fsp3) is 0.526. The standard InChI is InChI=1S/C19H24N4O4S/c1-19(2,3)27-18(24)22-8-4-5-13(11-22)12-28-17-10-20-16-9-14(23(25)26)6-7-15(16)21-17/h6-7,9-10,13H,4-5,8,11-12H2,1-3H3/t13-/m0/s1. The Balaban J connectivity index is 1.59. The number of amides is 1. The third kappa shape index (κ3) is 5.31. The summed E-state index contributed by atoms with van der Waals surface area (Å²) in [6.45, 7) is 7.01. The predicted molar refractivity (Wildman–Crippen MR) is 107 cm³/mol.